The Morgan fingerprint density at radius 3 is 2.88 bits per heavy atom. The van der Waals surface area contributed by atoms with E-state index in [1.54, 1.807) is 0 Å². The van der Waals surface area contributed by atoms with Crippen LogP contribution >= 0.6 is 8.18 Å². The fraction of sp³-hybridized carbons (Fsp3) is 0.667. The molecule has 0 aliphatic rings. The van der Waals surface area contributed by atoms with Crippen LogP contribution in [0.2, 0.25) is 0 Å². The summed E-state index contributed by atoms with van der Waals surface area (Å²) in [5, 5.41) is 10.1. The van der Waals surface area contributed by atoms with Crippen molar-refractivity contribution in [3.8, 4) is 6.07 Å². The standard InChI is InChI=1S/C3H6N2O2P/c4-2-1-3-5-8(6)7/h1,3H2,(H2,5,6,7). The van der Waals surface area contributed by atoms with Gasteiger partial charge in [-0.3, -0.25) is 0 Å². The van der Waals surface area contributed by atoms with Gasteiger partial charge in [-0.25, -0.2) is 9.65 Å². The number of hydrogen-bond donors (Lipinski definition) is 2. The Morgan fingerprint density at radius 1 is 1.88 bits per heavy atom. The van der Waals surface area contributed by atoms with Crippen molar-refractivity contribution in [3.63, 3.8) is 0 Å². The molecule has 0 saturated heterocycles. The summed E-state index contributed by atoms with van der Waals surface area (Å²) in [5.74, 6) is 0. The number of nitrogens with one attached hydrogen (secondary N) is 1. The lowest BCUT2D eigenvalue weighted by molar-refractivity contribution is 0.490. The zero-order valence-corrected chi connectivity index (χ0v) is 5.06. The van der Waals surface area contributed by atoms with Crippen molar-refractivity contribution in [2.45, 2.75) is 6.42 Å². The maximum atomic E-state index is 9.80. The van der Waals surface area contributed by atoms with E-state index in [2.05, 4.69) is 5.09 Å². The molecular formula is C3H6N2O2P. The summed E-state index contributed by atoms with van der Waals surface area (Å²) in [5.41, 5.74) is 0. The van der Waals surface area contributed by atoms with Crippen LogP contribution in [-0.4, -0.2) is 11.4 Å². The smallest absolute Gasteiger partial charge is 0.292 e. The first-order valence-corrected chi connectivity index (χ1v) is 3.25. The van der Waals surface area contributed by atoms with E-state index in [-0.39, 0.29) is 13.0 Å². The largest absolute Gasteiger partial charge is 0.308 e. The Kier molecular flexibility index (Phi) is 4.38. The highest BCUT2D eigenvalue weighted by molar-refractivity contribution is 7.35. The number of nitriles is 1. The van der Waals surface area contributed by atoms with Crippen LogP contribution in [0.3, 0.4) is 0 Å². The van der Waals surface area contributed by atoms with Gasteiger partial charge in [0.2, 0.25) is 0 Å². The van der Waals surface area contributed by atoms with E-state index in [1.165, 1.54) is 0 Å². The minimum absolute atomic E-state index is 0.266. The predicted octanol–water partition coefficient (Wildman–Crippen LogP) is 0.139. The molecule has 0 aromatic carbocycles. The van der Waals surface area contributed by atoms with E-state index < -0.39 is 8.18 Å². The molecule has 1 unspecified atom stereocenters. The van der Waals surface area contributed by atoms with Crippen molar-refractivity contribution in [1.29, 1.82) is 5.26 Å². The zero-order chi connectivity index (χ0) is 6.41. The van der Waals surface area contributed by atoms with Crippen LogP contribution in [0.15, 0.2) is 0 Å². The minimum Gasteiger partial charge on any atom is -0.308 e. The molecule has 45 valence electrons. The highest BCUT2D eigenvalue weighted by Crippen LogP contribution is 2.02. The van der Waals surface area contributed by atoms with Gasteiger partial charge in [0.05, 0.1) is 6.07 Å². The zero-order valence-electron chi connectivity index (χ0n) is 4.16. The van der Waals surface area contributed by atoms with Crippen molar-refractivity contribution in [2.24, 2.45) is 0 Å². The quantitative estimate of drug-likeness (QED) is 0.424. The Hall–Kier alpha value is -0.490. The maximum Gasteiger partial charge on any atom is 0.292 e. The summed E-state index contributed by atoms with van der Waals surface area (Å²) in [7, 11) is -2.26. The second kappa shape index (κ2) is 4.66. The minimum atomic E-state index is -2.26. The first-order valence-electron chi connectivity index (χ1n) is 2.04. The van der Waals surface area contributed by atoms with Gasteiger partial charge < -0.3 is 4.89 Å². The molecule has 2 N–H and O–H groups in total. The van der Waals surface area contributed by atoms with Gasteiger partial charge in [-0.15, -0.1) is 0 Å². The summed E-state index contributed by atoms with van der Waals surface area (Å²) >= 11 is 0. The normalized spacial score (nSPS) is 10.2. The van der Waals surface area contributed by atoms with Crippen LogP contribution in [0.25, 0.3) is 0 Å². The van der Waals surface area contributed by atoms with Crippen molar-refractivity contribution >= 4 is 8.18 Å². The van der Waals surface area contributed by atoms with Crippen LogP contribution in [0.4, 0.5) is 0 Å². The molecule has 0 rings (SSSR count). The van der Waals surface area contributed by atoms with Crippen LogP contribution in [0.5, 0.6) is 0 Å². The molecule has 0 heterocycles. The van der Waals surface area contributed by atoms with Gasteiger partial charge >= 0.3 is 0 Å². The highest BCUT2D eigenvalue weighted by Gasteiger charge is 1.88. The van der Waals surface area contributed by atoms with Crippen molar-refractivity contribution in [1.82, 2.24) is 5.09 Å². The van der Waals surface area contributed by atoms with Gasteiger partial charge in [0.15, 0.2) is 0 Å². The van der Waals surface area contributed by atoms with Crippen LogP contribution in [0, 0.1) is 11.3 Å². The molecule has 0 aromatic rings. The van der Waals surface area contributed by atoms with E-state index in [4.69, 9.17) is 10.2 Å². The third-order valence-corrected chi connectivity index (χ3v) is 0.978. The average molecular weight is 133 g/mol. The third-order valence-electron chi connectivity index (χ3n) is 0.484. The molecule has 4 nitrogen and oxygen atoms in total. The Labute approximate surface area is 48.1 Å². The van der Waals surface area contributed by atoms with Gasteiger partial charge in [-0.1, -0.05) is 0 Å². The molecule has 0 bridgehead atoms. The first-order chi connectivity index (χ1) is 3.77. The summed E-state index contributed by atoms with van der Waals surface area (Å²) in [6, 6.07) is 1.82. The Morgan fingerprint density at radius 2 is 2.50 bits per heavy atom. The Balaban J connectivity index is 2.97. The van der Waals surface area contributed by atoms with Gasteiger partial charge in [0.1, 0.15) is 0 Å². The fourth-order valence-electron chi connectivity index (χ4n) is 0.207. The molecular weight excluding hydrogens is 127 g/mol. The predicted molar refractivity (Wildman–Crippen MR) is 28.1 cm³/mol. The molecule has 0 aromatic heterocycles. The average Bonchev–Trinajstić information content (AvgIpc) is 1.66. The lowest BCUT2D eigenvalue weighted by Crippen LogP contribution is -2.02. The first kappa shape index (κ1) is 7.51. The molecule has 8 heavy (non-hydrogen) atoms. The SMILES string of the molecule is N#CCCN[P](=O)O. The van der Waals surface area contributed by atoms with Crippen molar-refractivity contribution < 1.29 is 9.46 Å². The van der Waals surface area contributed by atoms with Crippen LogP contribution < -0.4 is 5.09 Å². The van der Waals surface area contributed by atoms with E-state index in [0.29, 0.717) is 0 Å². The molecule has 0 aliphatic heterocycles. The molecule has 0 amide bonds. The van der Waals surface area contributed by atoms with E-state index in [9.17, 15) is 4.57 Å². The monoisotopic (exact) mass is 133 g/mol. The third kappa shape index (κ3) is 5.51. The molecule has 1 radical (unpaired) electrons. The second-order valence-electron chi connectivity index (χ2n) is 1.09. The van der Waals surface area contributed by atoms with Crippen LogP contribution in [0.1, 0.15) is 6.42 Å². The number of rotatable bonds is 3. The summed E-state index contributed by atoms with van der Waals surface area (Å²) in [4.78, 5) is 8.07. The van der Waals surface area contributed by atoms with Crippen molar-refractivity contribution in [3.05, 3.63) is 0 Å². The molecule has 0 aliphatic carbocycles. The Bertz CT molecular complexity index is 119. The van der Waals surface area contributed by atoms with Crippen LogP contribution in [-0.2, 0) is 4.57 Å². The lowest BCUT2D eigenvalue weighted by atomic mass is 10.5. The second-order valence-corrected chi connectivity index (χ2v) is 1.95. The van der Waals surface area contributed by atoms with Gasteiger partial charge in [0.25, 0.3) is 8.18 Å². The van der Waals surface area contributed by atoms with Gasteiger partial charge in [-0.05, 0) is 0 Å². The lowest BCUT2D eigenvalue weighted by Gasteiger charge is -1.88. The summed E-state index contributed by atoms with van der Waals surface area (Å²) < 4.78 is 9.80. The number of nitrogens with zero attached hydrogens (tertiary/aromatic N) is 1. The fourth-order valence-corrected chi connectivity index (χ4v) is 0.511. The molecule has 5 heteroatoms. The highest BCUT2D eigenvalue weighted by atomic mass is 31.1. The number of hydrogen-bond acceptors (Lipinski definition) is 2. The summed E-state index contributed by atoms with van der Waals surface area (Å²) in [6.07, 6.45) is 0.266. The molecule has 0 fully saturated rings. The molecule has 0 spiro atoms. The molecule has 0 saturated carbocycles. The van der Waals surface area contributed by atoms with E-state index in [1.807, 2.05) is 6.07 Å². The topological polar surface area (TPSA) is 73.1 Å². The van der Waals surface area contributed by atoms with E-state index in [0.717, 1.165) is 0 Å². The maximum absolute atomic E-state index is 9.80. The van der Waals surface area contributed by atoms with Gasteiger partial charge in [-0.2, -0.15) is 5.26 Å². The van der Waals surface area contributed by atoms with Crippen molar-refractivity contribution in [2.75, 3.05) is 6.54 Å². The van der Waals surface area contributed by atoms with E-state index >= 15 is 0 Å². The van der Waals surface area contributed by atoms with Gasteiger partial charge in [0, 0.05) is 13.0 Å². The molecule has 1 atom stereocenters. The summed E-state index contributed by atoms with van der Waals surface area (Å²) in [6.45, 7) is 0.280.